The molecule has 11 heteroatoms. The van der Waals surface area contributed by atoms with Gasteiger partial charge in [0.05, 0.1) is 18.7 Å². The first-order valence-electron chi connectivity index (χ1n) is 13.9. The Morgan fingerprint density at radius 2 is 1.55 bits per heavy atom. The second-order valence-electron chi connectivity index (χ2n) is 10.9. The smallest absolute Gasteiger partial charge is 0.408 e. The van der Waals surface area contributed by atoms with Gasteiger partial charge in [-0.25, -0.2) is 9.59 Å². The number of ketones is 1. The summed E-state index contributed by atoms with van der Waals surface area (Å²) in [5.41, 5.74) is 4.08. The number of likely N-dealkylation sites (tertiary alicyclic amines) is 1. The number of thiophene rings is 1. The molecule has 1 fully saturated rings. The number of alkyl carbamates (subject to hydrolysis) is 1. The molecule has 1 aromatic heterocycles. The molecule has 3 amide bonds. The van der Waals surface area contributed by atoms with Gasteiger partial charge < -0.3 is 25.4 Å². The molecule has 0 atom stereocenters. The Balaban J connectivity index is 1.21. The predicted molar refractivity (Wildman–Crippen MR) is 168 cm³/mol. The zero-order valence-electron chi connectivity index (χ0n) is 23.8. The van der Waals surface area contributed by atoms with Crippen LogP contribution >= 0.6 is 22.9 Å². The number of hydrogen-bond acceptors (Lipinski definition) is 6. The van der Waals surface area contributed by atoms with Crippen LogP contribution in [0.3, 0.4) is 0 Å². The number of nitrogens with zero attached hydrogens (tertiary/aromatic N) is 1. The highest BCUT2D eigenvalue weighted by molar-refractivity contribution is 7.16. The Morgan fingerprint density at radius 3 is 2.14 bits per heavy atom. The molecular formula is C33H28ClN3O6S. The van der Waals surface area contributed by atoms with Gasteiger partial charge in [-0.1, -0.05) is 60.1 Å². The van der Waals surface area contributed by atoms with Crippen molar-refractivity contribution in [2.75, 3.05) is 25.0 Å². The van der Waals surface area contributed by atoms with E-state index >= 15 is 0 Å². The molecular weight excluding hydrogens is 602 g/mol. The summed E-state index contributed by atoms with van der Waals surface area (Å²) in [5.74, 6) is -1.12. The quantitative estimate of drug-likeness (QED) is 0.202. The van der Waals surface area contributed by atoms with E-state index in [-0.39, 0.29) is 31.4 Å². The maximum Gasteiger partial charge on any atom is 0.408 e. The average Bonchev–Trinajstić information content (AvgIpc) is 3.45. The number of fused-ring (bicyclic) bond motifs is 3. The third kappa shape index (κ3) is 5.20. The van der Waals surface area contributed by atoms with Crippen LogP contribution in [0.25, 0.3) is 11.1 Å². The molecule has 1 aliphatic heterocycles. The zero-order chi connectivity index (χ0) is 31.2. The van der Waals surface area contributed by atoms with Crippen LogP contribution in [0.1, 0.15) is 43.4 Å². The molecule has 224 valence electrons. The highest BCUT2D eigenvalue weighted by atomic mass is 35.5. The monoisotopic (exact) mass is 629 g/mol. The summed E-state index contributed by atoms with van der Waals surface area (Å²) in [6.45, 7) is 3.12. The molecule has 0 saturated carbocycles. The van der Waals surface area contributed by atoms with E-state index in [0.29, 0.717) is 26.7 Å². The van der Waals surface area contributed by atoms with Gasteiger partial charge in [-0.05, 0) is 65.9 Å². The number of carbonyl (C=O) groups excluding carboxylic acids is 3. The number of carbonyl (C=O) groups is 4. The van der Waals surface area contributed by atoms with Crippen LogP contribution in [0.2, 0.25) is 5.02 Å². The molecule has 9 nitrogen and oxygen atoms in total. The summed E-state index contributed by atoms with van der Waals surface area (Å²) < 4.78 is 5.66. The average molecular weight is 630 g/mol. The number of ether oxygens (including phenoxy) is 1. The summed E-state index contributed by atoms with van der Waals surface area (Å²) in [7, 11) is 0. The van der Waals surface area contributed by atoms with Crippen LogP contribution in [-0.4, -0.2) is 59.1 Å². The van der Waals surface area contributed by atoms with E-state index in [9.17, 15) is 24.3 Å². The predicted octanol–water partition coefficient (Wildman–Crippen LogP) is 6.46. The molecule has 44 heavy (non-hydrogen) atoms. The van der Waals surface area contributed by atoms with Gasteiger partial charge >= 0.3 is 12.2 Å². The van der Waals surface area contributed by atoms with Crippen molar-refractivity contribution in [1.29, 1.82) is 0 Å². The number of rotatable bonds is 7. The lowest BCUT2D eigenvalue weighted by atomic mass is 9.89. The summed E-state index contributed by atoms with van der Waals surface area (Å²) in [6, 6.07) is 22.3. The lowest BCUT2D eigenvalue weighted by Crippen LogP contribution is -2.76. The first kappa shape index (κ1) is 29.4. The fourth-order valence-corrected chi connectivity index (χ4v) is 6.99. The van der Waals surface area contributed by atoms with Gasteiger partial charge in [0.25, 0.3) is 5.91 Å². The molecule has 2 aliphatic rings. The lowest BCUT2D eigenvalue weighted by molar-refractivity contribution is -0.127. The van der Waals surface area contributed by atoms with Crippen molar-refractivity contribution in [2.45, 2.75) is 25.3 Å². The maximum absolute atomic E-state index is 13.8. The molecule has 0 radical (unpaired) electrons. The SMILES string of the molecule is Cc1sc(NC(=O)C2(NC(=O)OCC3c4ccccc4-c4ccccc43)CN(C(=O)O)C2)c(C(=O)c2ccc(Cl)cc2)c1C. The van der Waals surface area contributed by atoms with E-state index in [0.717, 1.165) is 32.0 Å². The second-order valence-corrected chi connectivity index (χ2v) is 12.6. The third-order valence-corrected chi connectivity index (χ3v) is 9.63. The van der Waals surface area contributed by atoms with Crippen molar-refractivity contribution in [1.82, 2.24) is 10.2 Å². The second kappa shape index (κ2) is 11.4. The number of benzene rings is 3. The van der Waals surface area contributed by atoms with Crippen LogP contribution in [0.15, 0.2) is 72.8 Å². The molecule has 3 aromatic carbocycles. The van der Waals surface area contributed by atoms with Crippen molar-refractivity contribution >= 4 is 51.8 Å². The number of aryl methyl sites for hydroxylation is 1. The summed E-state index contributed by atoms with van der Waals surface area (Å²) in [5, 5.41) is 15.8. The molecule has 0 spiro atoms. The third-order valence-electron chi connectivity index (χ3n) is 8.26. The lowest BCUT2D eigenvalue weighted by Gasteiger charge is -2.46. The van der Waals surface area contributed by atoms with Gasteiger partial charge in [-0.3, -0.25) is 9.59 Å². The normalized spacial score (nSPS) is 14.7. The summed E-state index contributed by atoms with van der Waals surface area (Å²) >= 11 is 7.23. The number of halogens is 1. The maximum atomic E-state index is 13.8. The van der Waals surface area contributed by atoms with Crippen LogP contribution in [0.4, 0.5) is 14.6 Å². The van der Waals surface area contributed by atoms with Crippen LogP contribution in [0, 0.1) is 13.8 Å². The number of anilines is 1. The molecule has 0 bridgehead atoms. The van der Waals surface area contributed by atoms with Gasteiger partial charge in [-0.15, -0.1) is 11.3 Å². The summed E-state index contributed by atoms with van der Waals surface area (Å²) in [4.78, 5) is 53.9. The van der Waals surface area contributed by atoms with Gasteiger partial charge in [0.15, 0.2) is 11.3 Å². The minimum absolute atomic E-state index is 0.0310. The minimum atomic E-state index is -1.59. The molecule has 3 N–H and O–H groups in total. The molecule has 6 rings (SSSR count). The highest BCUT2D eigenvalue weighted by Gasteiger charge is 2.53. The Labute approximate surface area is 262 Å². The van der Waals surface area contributed by atoms with Gasteiger partial charge in [0, 0.05) is 21.4 Å². The standard InChI is InChI=1S/C33H28ClN3O6S/c1-18-19(2)44-29(27(18)28(38)20-11-13-21(34)14-12-20)35-30(39)33(16-37(17-33)32(41)42)36-31(40)43-15-26-24-9-5-3-7-22(24)23-8-4-6-10-25(23)26/h3-14,26H,15-17H2,1-2H3,(H,35,39)(H,36,40)(H,41,42). The Hall–Kier alpha value is -4.67. The van der Waals surface area contributed by atoms with E-state index in [1.165, 1.54) is 11.3 Å². The van der Waals surface area contributed by atoms with Crippen LogP contribution in [0.5, 0.6) is 0 Å². The Bertz CT molecular complexity index is 1770. The first-order chi connectivity index (χ1) is 21.1. The van der Waals surface area contributed by atoms with Crippen LogP contribution < -0.4 is 10.6 Å². The molecule has 1 aliphatic carbocycles. The van der Waals surface area contributed by atoms with Crippen molar-refractivity contribution in [3.05, 3.63) is 111 Å². The molecule has 4 aromatic rings. The van der Waals surface area contributed by atoms with E-state index < -0.39 is 23.6 Å². The number of carboxylic acid groups (broad SMARTS) is 1. The number of amides is 3. The van der Waals surface area contributed by atoms with E-state index in [4.69, 9.17) is 16.3 Å². The van der Waals surface area contributed by atoms with Crippen molar-refractivity contribution in [3.63, 3.8) is 0 Å². The van der Waals surface area contributed by atoms with E-state index in [1.54, 1.807) is 31.2 Å². The van der Waals surface area contributed by atoms with E-state index in [2.05, 4.69) is 10.6 Å². The first-order valence-corrected chi connectivity index (χ1v) is 15.1. The summed E-state index contributed by atoms with van der Waals surface area (Å²) in [6.07, 6.45) is -2.06. The molecule has 0 unspecified atom stereocenters. The molecule has 2 heterocycles. The van der Waals surface area contributed by atoms with Crippen molar-refractivity contribution < 1.29 is 29.0 Å². The topological polar surface area (TPSA) is 125 Å². The fourth-order valence-electron chi connectivity index (χ4n) is 5.81. The van der Waals surface area contributed by atoms with Crippen molar-refractivity contribution in [2.24, 2.45) is 0 Å². The van der Waals surface area contributed by atoms with Crippen LogP contribution in [-0.2, 0) is 9.53 Å². The Kier molecular flexibility index (Phi) is 7.65. The van der Waals surface area contributed by atoms with Gasteiger partial charge in [0.1, 0.15) is 11.6 Å². The number of hydrogen-bond donors (Lipinski definition) is 3. The molecule has 1 saturated heterocycles. The fraction of sp³-hybridized carbons (Fsp3) is 0.212. The van der Waals surface area contributed by atoms with E-state index in [1.807, 2.05) is 55.5 Å². The minimum Gasteiger partial charge on any atom is -0.465 e. The zero-order valence-corrected chi connectivity index (χ0v) is 25.4. The van der Waals surface area contributed by atoms with Crippen molar-refractivity contribution in [3.8, 4) is 11.1 Å². The van der Waals surface area contributed by atoms with Gasteiger partial charge in [-0.2, -0.15) is 0 Å². The number of nitrogens with one attached hydrogen (secondary N) is 2. The Morgan fingerprint density at radius 1 is 0.955 bits per heavy atom. The van der Waals surface area contributed by atoms with Gasteiger partial charge in [0.2, 0.25) is 0 Å². The largest absolute Gasteiger partial charge is 0.465 e. The highest BCUT2D eigenvalue weighted by Crippen LogP contribution is 2.44.